The van der Waals surface area contributed by atoms with Gasteiger partial charge >= 0.3 is 0 Å². The Balaban J connectivity index is 1.74. The zero-order valence-electron chi connectivity index (χ0n) is 15.9. The molecule has 0 bridgehead atoms. The number of hydrogen-bond donors (Lipinski definition) is 2. The van der Waals surface area contributed by atoms with Gasteiger partial charge in [0.15, 0.2) is 0 Å². The maximum Gasteiger partial charge on any atom is 0.225 e. The quantitative estimate of drug-likeness (QED) is 0.663. The van der Waals surface area contributed by atoms with Crippen LogP contribution in [0.15, 0.2) is 47.8 Å². The van der Waals surface area contributed by atoms with E-state index in [0.29, 0.717) is 41.5 Å². The van der Waals surface area contributed by atoms with Gasteiger partial charge in [-0.05, 0) is 49.2 Å². The van der Waals surface area contributed by atoms with Crippen LogP contribution < -0.4 is 5.32 Å². The molecule has 7 nitrogen and oxygen atoms in total. The first-order valence-corrected chi connectivity index (χ1v) is 11.2. The van der Waals surface area contributed by atoms with Crippen LogP contribution in [0.25, 0.3) is 22.5 Å². The minimum atomic E-state index is -3.55. The predicted octanol–water partition coefficient (Wildman–Crippen LogP) is 3.27. The second-order valence-electron chi connectivity index (χ2n) is 7.01. The molecule has 1 aliphatic heterocycles. The molecular formula is C20H21FN4O3S. The van der Waals surface area contributed by atoms with Crippen LogP contribution in [0, 0.1) is 5.82 Å². The van der Waals surface area contributed by atoms with Crippen molar-refractivity contribution in [2.45, 2.75) is 24.0 Å². The summed E-state index contributed by atoms with van der Waals surface area (Å²) >= 11 is 0. The van der Waals surface area contributed by atoms with Crippen molar-refractivity contribution in [2.75, 3.05) is 24.8 Å². The Labute approximate surface area is 168 Å². The predicted molar refractivity (Wildman–Crippen MR) is 108 cm³/mol. The SMILES string of the molecule is CS(=O)(=O)c1nc(-c2ccnc(NC3CCOCC3)c2)c(-c2ccc(F)cc2)[nH]1. The third kappa shape index (κ3) is 4.46. The topological polar surface area (TPSA) is 97.0 Å². The number of anilines is 1. The molecule has 3 aromatic rings. The number of nitrogens with one attached hydrogen (secondary N) is 2. The highest BCUT2D eigenvalue weighted by molar-refractivity contribution is 7.90. The average Bonchev–Trinajstić information content (AvgIpc) is 3.16. The second-order valence-corrected chi connectivity index (χ2v) is 8.94. The molecule has 0 unspecified atom stereocenters. The lowest BCUT2D eigenvalue weighted by atomic mass is 10.1. The lowest BCUT2D eigenvalue weighted by molar-refractivity contribution is 0.0904. The molecule has 1 fully saturated rings. The molecule has 1 saturated heterocycles. The van der Waals surface area contributed by atoms with Crippen molar-refractivity contribution in [3.8, 4) is 22.5 Å². The van der Waals surface area contributed by atoms with E-state index in [0.717, 1.165) is 19.1 Å². The molecule has 1 aromatic carbocycles. The molecule has 2 N–H and O–H groups in total. The molecule has 9 heteroatoms. The maximum atomic E-state index is 13.3. The first-order chi connectivity index (χ1) is 13.9. The number of pyridine rings is 1. The monoisotopic (exact) mass is 416 g/mol. The zero-order chi connectivity index (χ0) is 20.4. The number of nitrogens with zero attached hydrogens (tertiary/aromatic N) is 2. The molecule has 0 aliphatic carbocycles. The molecule has 0 amide bonds. The number of imidazole rings is 1. The molecule has 3 heterocycles. The van der Waals surface area contributed by atoms with Gasteiger partial charge in [0, 0.05) is 42.8 Å². The van der Waals surface area contributed by atoms with E-state index in [1.165, 1.54) is 12.1 Å². The number of sulfone groups is 1. The largest absolute Gasteiger partial charge is 0.381 e. The fourth-order valence-corrected chi connectivity index (χ4v) is 3.81. The molecule has 2 aromatic heterocycles. The number of aromatic nitrogens is 3. The van der Waals surface area contributed by atoms with Gasteiger partial charge in [0.05, 0.1) is 11.4 Å². The Kier molecular flexibility index (Phi) is 5.33. The van der Waals surface area contributed by atoms with E-state index in [1.54, 1.807) is 24.4 Å². The fraction of sp³-hybridized carbons (Fsp3) is 0.300. The average molecular weight is 416 g/mol. The lowest BCUT2D eigenvalue weighted by Crippen LogP contribution is -2.28. The first-order valence-electron chi connectivity index (χ1n) is 9.27. The second kappa shape index (κ2) is 7.92. The van der Waals surface area contributed by atoms with Crippen molar-refractivity contribution in [3.63, 3.8) is 0 Å². The number of aromatic amines is 1. The van der Waals surface area contributed by atoms with E-state index >= 15 is 0 Å². The van der Waals surface area contributed by atoms with Crippen LogP contribution in [-0.4, -0.2) is 48.9 Å². The van der Waals surface area contributed by atoms with E-state index in [1.807, 2.05) is 6.07 Å². The Bertz CT molecular complexity index is 1110. The van der Waals surface area contributed by atoms with Crippen LogP contribution in [0.2, 0.25) is 0 Å². The van der Waals surface area contributed by atoms with Gasteiger partial charge in [-0.3, -0.25) is 0 Å². The van der Waals surface area contributed by atoms with Crippen LogP contribution in [-0.2, 0) is 14.6 Å². The van der Waals surface area contributed by atoms with E-state index in [-0.39, 0.29) is 17.0 Å². The Morgan fingerprint density at radius 3 is 2.55 bits per heavy atom. The Morgan fingerprint density at radius 2 is 1.86 bits per heavy atom. The van der Waals surface area contributed by atoms with E-state index in [4.69, 9.17) is 4.74 Å². The summed E-state index contributed by atoms with van der Waals surface area (Å²) in [5.74, 6) is 0.313. The summed E-state index contributed by atoms with van der Waals surface area (Å²) in [6.07, 6.45) is 4.54. The highest BCUT2D eigenvalue weighted by atomic mass is 32.2. The fourth-order valence-electron chi connectivity index (χ4n) is 3.27. The molecule has 0 saturated carbocycles. The van der Waals surface area contributed by atoms with Crippen molar-refractivity contribution in [2.24, 2.45) is 0 Å². The summed E-state index contributed by atoms with van der Waals surface area (Å²) in [6, 6.07) is 9.69. The summed E-state index contributed by atoms with van der Waals surface area (Å²) in [4.78, 5) is 11.6. The van der Waals surface area contributed by atoms with E-state index < -0.39 is 9.84 Å². The van der Waals surface area contributed by atoms with Crippen molar-refractivity contribution in [3.05, 3.63) is 48.4 Å². The van der Waals surface area contributed by atoms with Crippen molar-refractivity contribution in [1.29, 1.82) is 0 Å². The van der Waals surface area contributed by atoms with Gasteiger partial charge in [0.25, 0.3) is 0 Å². The Morgan fingerprint density at radius 1 is 1.14 bits per heavy atom. The molecule has 4 rings (SSSR count). The molecule has 1 aliphatic rings. The number of rotatable bonds is 5. The number of H-pyrrole nitrogens is 1. The summed E-state index contributed by atoms with van der Waals surface area (Å²) in [6.45, 7) is 1.42. The van der Waals surface area contributed by atoms with Gasteiger partial charge in [-0.15, -0.1) is 0 Å². The van der Waals surface area contributed by atoms with Gasteiger partial charge < -0.3 is 15.0 Å². The summed E-state index contributed by atoms with van der Waals surface area (Å²) in [7, 11) is -3.55. The van der Waals surface area contributed by atoms with Gasteiger partial charge in [-0.2, -0.15) is 0 Å². The Hall–Kier alpha value is -2.78. The van der Waals surface area contributed by atoms with E-state index in [2.05, 4.69) is 20.3 Å². The van der Waals surface area contributed by atoms with Crippen LogP contribution in [0.4, 0.5) is 10.2 Å². The standard InChI is InChI=1S/C20H21FN4O3S/c1-29(26,27)20-24-18(13-2-4-15(21)5-3-13)19(25-20)14-6-9-22-17(12-14)23-16-7-10-28-11-8-16/h2-6,9,12,16H,7-8,10-11H2,1H3,(H,22,23)(H,24,25). The van der Waals surface area contributed by atoms with Gasteiger partial charge in [0.2, 0.25) is 15.0 Å². The van der Waals surface area contributed by atoms with Crippen LogP contribution in [0.1, 0.15) is 12.8 Å². The highest BCUT2D eigenvalue weighted by Gasteiger charge is 2.21. The molecule has 0 radical (unpaired) electrons. The maximum absolute atomic E-state index is 13.3. The van der Waals surface area contributed by atoms with Crippen molar-refractivity contribution >= 4 is 15.7 Å². The molecular weight excluding hydrogens is 395 g/mol. The number of hydrogen-bond acceptors (Lipinski definition) is 6. The first kappa shape index (κ1) is 19.5. The van der Waals surface area contributed by atoms with Crippen LogP contribution in [0.5, 0.6) is 0 Å². The zero-order valence-corrected chi connectivity index (χ0v) is 16.7. The summed E-state index contributed by atoms with van der Waals surface area (Å²) in [5.41, 5.74) is 2.32. The third-order valence-corrected chi connectivity index (χ3v) is 5.67. The minimum absolute atomic E-state index is 0.137. The summed E-state index contributed by atoms with van der Waals surface area (Å²) < 4.78 is 42.8. The lowest BCUT2D eigenvalue weighted by Gasteiger charge is -2.23. The van der Waals surface area contributed by atoms with Crippen LogP contribution >= 0.6 is 0 Å². The van der Waals surface area contributed by atoms with E-state index in [9.17, 15) is 12.8 Å². The summed E-state index contributed by atoms with van der Waals surface area (Å²) in [5, 5.41) is 3.26. The highest BCUT2D eigenvalue weighted by Crippen LogP contribution is 2.32. The van der Waals surface area contributed by atoms with Crippen molar-refractivity contribution in [1.82, 2.24) is 15.0 Å². The number of benzene rings is 1. The van der Waals surface area contributed by atoms with Gasteiger partial charge in [-0.25, -0.2) is 22.8 Å². The van der Waals surface area contributed by atoms with Crippen LogP contribution in [0.3, 0.4) is 0 Å². The molecule has 0 spiro atoms. The van der Waals surface area contributed by atoms with Gasteiger partial charge in [0.1, 0.15) is 11.6 Å². The van der Waals surface area contributed by atoms with Gasteiger partial charge in [-0.1, -0.05) is 0 Å². The normalized spacial score (nSPS) is 15.4. The molecule has 152 valence electrons. The van der Waals surface area contributed by atoms with Crippen molar-refractivity contribution < 1.29 is 17.5 Å². The third-order valence-electron chi connectivity index (χ3n) is 4.77. The minimum Gasteiger partial charge on any atom is -0.381 e. The number of ether oxygens (including phenoxy) is 1. The smallest absolute Gasteiger partial charge is 0.225 e. The number of halogens is 1. The molecule has 29 heavy (non-hydrogen) atoms. The molecule has 0 atom stereocenters.